The maximum Gasteiger partial charge on any atom is 0.356 e. The molecule has 1 aromatic heterocycles. The van der Waals surface area contributed by atoms with Crippen LogP contribution in [0.25, 0.3) is 0 Å². The Morgan fingerprint density at radius 3 is 2.32 bits per heavy atom. The summed E-state index contributed by atoms with van der Waals surface area (Å²) in [6.45, 7) is 8.78. The van der Waals surface area contributed by atoms with E-state index in [-0.39, 0.29) is 5.69 Å². The normalized spacial score (nSPS) is 17.5. The quantitative estimate of drug-likeness (QED) is 0.887. The molecule has 1 aliphatic heterocycles. The van der Waals surface area contributed by atoms with Crippen molar-refractivity contribution in [2.24, 2.45) is 11.3 Å². The third kappa shape index (κ3) is 3.22. The van der Waals surface area contributed by atoms with Crippen molar-refractivity contribution in [3.63, 3.8) is 0 Å². The minimum absolute atomic E-state index is 0.00618. The Morgan fingerprint density at radius 1 is 1.26 bits per heavy atom. The smallest absolute Gasteiger partial charge is 0.356 e. The molecule has 2 heterocycles. The second kappa shape index (κ2) is 5.15. The first-order valence-corrected chi connectivity index (χ1v) is 6.70. The van der Waals surface area contributed by atoms with E-state index in [1.165, 1.54) is 6.07 Å². The van der Waals surface area contributed by atoms with Gasteiger partial charge in [-0.1, -0.05) is 20.8 Å². The van der Waals surface area contributed by atoms with Crippen molar-refractivity contribution in [3.05, 3.63) is 17.8 Å². The first-order valence-electron chi connectivity index (χ1n) is 6.70. The monoisotopic (exact) mass is 263 g/mol. The molecule has 0 aliphatic carbocycles. The number of piperidine rings is 1. The summed E-state index contributed by atoms with van der Waals surface area (Å²) in [6, 6.07) is 3.26. The van der Waals surface area contributed by atoms with E-state index >= 15 is 0 Å². The molecule has 19 heavy (non-hydrogen) atoms. The van der Waals surface area contributed by atoms with E-state index in [4.69, 9.17) is 5.11 Å². The Labute approximate surface area is 113 Å². The molecule has 1 aliphatic rings. The average molecular weight is 263 g/mol. The molecule has 2 rings (SSSR count). The molecule has 1 saturated heterocycles. The molecule has 0 amide bonds. The number of anilines is 1. The van der Waals surface area contributed by atoms with E-state index in [0.29, 0.717) is 5.41 Å². The predicted octanol–water partition coefficient (Wildman–Crippen LogP) is 2.44. The summed E-state index contributed by atoms with van der Waals surface area (Å²) in [5.74, 6) is 0.470. The third-order valence-electron chi connectivity index (χ3n) is 3.91. The molecule has 0 bridgehead atoms. The van der Waals surface area contributed by atoms with E-state index < -0.39 is 5.97 Å². The highest BCUT2D eigenvalue weighted by Gasteiger charge is 2.29. The first kappa shape index (κ1) is 13.8. The number of hydrogen-bond acceptors (Lipinski definition) is 4. The molecule has 0 radical (unpaired) electrons. The molecular formula is C14H21N3O2. The molecule has 0 atom stereocenters. The van der Waals surface area contributed by atoms with Crippen LogP contribution in [0.4, 0.5) is 5.82 Å². The highest BCUT2D eigenvalue weighted by molar-refractivity contribution is 5.85. The van der Waals surface area contributed by atoms with Crippen LogP contribution in [0.1, 0.15) is 44.1 Å². The zero-order valence-electron chi connectivity index (χ0n) is 11.8. The van der Waals surface area contributed by atoms with Gasteiger partial charge in [-0.3, -0.25) is 0 Å². The van der Waals surface area contributed by atoms with Gasteiger partial charge in [-0.25, -0.2) is 4.79 Å². The molecule has 104 valence electrons. The summed E-state index contributed by atoms with van der Waals surface area (Å²) in [5.41, 5.74) is 0.346. The van der Waals surface area contributed by atoms with Crippen molar-refractivity contribution in [3.8, 4) is 0 Å². The van der Waals surface area contributed by atoms with Crippen LogP contribution in [0, 0.1) is 11.3 Å². The lowest BCUT2D eigenvalue weighted by molar-refractivity contribution is 0.0689. The lowest BCUT2D eigenvalue weighted by atomic mass is 9.75. The van der Waals surface area contributed by atoms with Gasteiger partial charge in [-0.05, 0) is 36.3 Å². The lowest BCUT2D eigenvalue weighted by Crippen LogP contribution is -2.38. The summed E-state index contributed by atoms with van der Waals surface area (Å²) in [6.07, 6.45) is 2.29. The van der Waals surface area contributed by atoms with Crippen LogP contribution in [0.3, 0.4) is 0 Å². The highest BCUT2D eigenvalue weighted by Crippen LogP contribution is 2.35. The number of carbonyl (C=O) groups is 1. The zero-order valence-corrected chi connectivity index (χ0v) is 11.8. The van der Waals surface area contributed by atoms with Crippen molar-refractivity contribution in [2.75, 3.05) is 18.0 Å². The van der Waals surface area contributed by atoms with E-state index in [9.17, 15) is 4.79 Å². The van der Waals surface area contributed by atoms with E-state index in [1.807, 2.05) is 0 Å². The Balaban J connectivity index is 2.00. The molecule has 1 N–H and O–H groups in total. The summed E-state index contributed by atoms with van der Waals surface area (Å²) in [5, 5.41) is 16.5. The molecule has 5 heteroatoms. The minimum Gasteiger partial charge on any atom is -0.476 e. The topological polar surface area (TPSA) is 66.3 Å². The Kier molecular flexibility index (Phi) is 3.73. The van der Waals surface area contributed by atoms with Gasteiger partial charge in [-0.15, -0.1) is 10.2 Å². The van der Waals surface area contributed by atoms with Gasteiger partial charge in [0.15, 0.2) is 11.5 Å². The van der Waals surface area contributed by atoms with Crippen molar-refractivity contribution in [2.45, 2.75) is 33.6 Å². The predicted molar refractivity (Wildman–Crippen MR) is 73.4 cm³/mol. The Morgan fingerprint density at radius 2 is 1.89 bits per heavy atom. The van der Waals surface area contributed by atoms with Crippen LogP contribution in [0.15, 0.2) is 12.1 Å². The number of nitrogens with zero attached hydrogens (tertiary/aromatic N) is 3. The Hall–Kier alpha value is -1.65. The fraction of sp³-hybridized carbons (Fsp3) is 0.643. The second-order valence-corrected chi connectivity index (χ2v) is 6.21. The molecule has 0 aromatic carbocycles. The van der Waals surface area contributed by atoms with Crippen LogP contribution < -0.4 is 4.90 Å². The van der Waals surface area contributed by atoms with Crippen LogP contribution in [-0.4, -0.2) is 34.4 Å². The fourth-order valence-corrected chi connectivity index (χ4v) is 2.58. The molecule has 1 fully saturated rings. The molecule has 5 nitrogen and oxygen atoms in total. The maximum atomic E-state index is 10.7. The van der Waals surface area contributed by atoms with Crippen LogP contribution >= 0.6 is 0 Å². The summed E-state index contributed by atoms with van der Waals surface area (Å²) >= 11 is 0. The highest BCUT2D eigenvalue weighted by atomic mass is 16.4. The molecule has 0 unspecified atom stereocenters. The summed E-state index contributed by atoms with van der Waals surface area (Å²) < 4.78 is 0. The van der Waals surface area contributed by atoms with Crippen LogP contribution in [-0.2, 0) is 0 Å². The zero-order chi connectivity index (χ0) is 14.0. The van der Waals surface area contributed by atoms with Gasteiger partial charge in [0.25, 0.3) is 0 Å². The maximum absolute atomic E-state index is 10.7. The number of carboxylic acids is 1. The first-order chi connectivity index (χ1) is 8.88. The van der Waals surface area contributed by atoms with Crippen LogP contribution in [0.5, 0.6) is 0 Å². The van der Waals surface area contributed by atoms with E-state index in [1.54, 1.807) is 6.07 Å². The largest absolute Gasteiger partial charge is 0.476 e. The third-order valence-corrected chi connectivity index (χ3v) is 3.91. The van der Waals surface area contributed by atoms with E-state index in [0.717, 1.165) is 37.7 Å². The van der Waals surface area contributed by atoms with Gasteiger partial charge >= 0.3 is 5.97 Å². The van der Waals surface area contributed by atoms with Gasteiger partial charge < -0.3 is 10.0 Å². The number of carboxylic acid groups (broad SMARTS) is 1. The summed E-state index contributed by atoms with van der Waals surface area (Å²) in [4.78, 5) is 12.9. The van der Waals surface area contributed by atoms with E-state index in [2.05, 4.69) is 35.9 Å². The number of aromatic nitrogens is 2. The van der Waals surface area contributed by atoms with Crippen molar-refractivity contribution < 1.29 is 9.90 Å². The van der Waals surface area contributed by atoms with Crippen LogP contribution in [0.2, 0.25) is 0 Å². The second-order valence-electron chi connectivity index (χ2n) is 6.21. The minimum atomic E-state index is -1.04. The molecular weight excluding hydrogens is 242 g/mol. The van der Waals surface area contributed by atoms with Gasteiger partial charge in [0.05, 0.1) is 0 Å². The summed E-state index contributed by atoms with van der Waals surface area (Å²) in [7, 11) is 0. The van der Waals surface area contributed by atoms with Gasteiger partial charge in [0, 0.05) is 13.1 Å². The Bertz CT molecular complexity index is 443. The SMILES string of the molecule is CC(C)(C)C1CCN(c2ccc(C(=O)O)nn2)CC1. The molecule has 0 spiro atoms. The standard InChI is InChI=1S/C14H21N3O2/c1-14(2,3)10-6-8-17(9-7-10)12-5-4-11(13(18)19)15-16-12/h4-5,10H,6-9H2,1-3H3,(H,18,19). The average Bonchev–Trinajstić information content (AvgIpc) is 2.38. The number of hydrogen-bond donors (Lipinski definition) is 1. The van der Waals surface area contributed by atoms with Crippen molar-refractivity contribution in [1.29, 1.82) is 0 Å². The number of aromatic carboxylic acids is 1. The van der Waals surface area contributed by atoms with Gasteiger partial charge in [0.1, 0.15) is 0 Å². The molecule has 1 aromatic rings. The van der Waals surface area contributed by atoms with Gasteiger partial charge in [0.2, 0.25) is 0 Å². The lowest BCUT2D eigenvalue weighted by Gasteiger charge is -2.39. The van der Waals surface area contributed by atoms with Crippen molar-refractivity contribution in [1.82, 2.24) is 10.2 Å². The van der Waals surface area contributed by atoms with Gasteiger partial charge in [-0.2, -0.15) is 0 Å². The fourth-order valence-electron chi connectivity index (χ4n) is 2.58. The van der Waals surface area contributed by atoms with Crippen molar-refractivity contribution >= 4 is 11.8 Å². The molecule has 0 saturated carbocycles. The number of rotatable bonds is 2.